The molecule has 2 atom stereocenters. The fourth-order valence-electron chi connectivity index (χ4n) is 5.08. The Kier molecular flexibility index (Phi) is 31.4. The van der Waals surface area contributed by atoms with Crippen molar-refractivity contribution >= 4 is 155 Å². The highest BCUT2D eigenvalue weighted by atomic mass is 32.2. The largest absolute Gasteiger partial charge is 0.155 e. The minimum absolute atomic E-state index is 0.918. The Morgan fingerprint density at radius 2 is 0.848 bits per heavy atom. The van der Waals surface area contributed by atoms with Crippen LogP contribution in [0.3, 0.4) is 0 Å². The van der Waals surface area contributed by atoms with E-state index in [1.165, 1.54) is 178 Å². The van der Waals surface area contributed by atoms with Crippen LogP contribution in [0.15, 0.2) is 0 Å². The van der Waals surface area contributed by atoms with E-state index >= 15 is 0 Å². The van der Waals surface area contributed by atoms with Gasteiger partial charge < -0.3 is 0 Å². The second-order valence-corrected chi connectivity index (χ2v) is 12.5. The molecule has 0 radical (unpaired) electrons. The molecular formula is C12H46B20S. The molecule has 0 heterocycles. The van der Waals surface area contributed by atoms with E-state index in [4.69, 9.17) is 0 Å². The van der Waals surface area contributed by atoms with E-state index in [1.807, 2.05) is 0 Å². The molecule has 33 heavy (non-hydrogen) atoms. The van der Waals surface area contributed by atoms with Crippen LogP contribution in [0, 0.1) is 0 Å². The highest BCUT2D eigenvalue weighted by Gasteiger charge is 2.14. The monoisotopic (exact) mass is 443 g/mol. The molecule has 0 aliphatic carbocycles. The third kappa shape index (κ3) is 26.5. The maximum atomic E-state index is 2.42. The summed E-state index contributed by atoms with van der Waals surface area (Å²) in [5.74, 6) is 0. The number of thioether (sulfide) groups is 1. The van der Waals surface area contributed by atoms with Crippen molar-refractivity contribution in [3.05, 3.63) is 0 Å². The highest BCUT2D eigenvalue weighted by molar-refractivity contribution is 8.00. The molecule has 0 saturated carbocycles. The molecule has 0 aromatic carbocycles. The van der Waals surface area contributed by atoms with Gasteiger partial charge in [0.1, 0.15) is 0 Å². The van der Waals surface area contributed by atoms with Gasteiger partial charge in [-0.3, -0.25) is 0 Å². The summed E-state index contributed by atoms with van der Waals surface area (Å²) >= 11 is 2.35. The highest BCUT2D eigenvalue weighted by Crippen LogP contribution is 2.29. The van der Waals surface area contributed by atoms with Crippen LogP contribution in [0.4, 0.5) is 0 Å². The van der Waals surface area contributed by atoms with Crippen molar-refractivity contribution in [2.24, 2.45) is 0 Å². The zero-order chi connectivity index (χ0) is 24.2. The topological polar surface area (TPSA) is 0 Å². The molecule has 0 saturated heterocycles. The van der Waals surface area contributed by atoms with Gasteiger partial charge in [-0.1, -0.05) is 39.3 Å². The molecule has 0 N–H and O–H groups in total. The summed E-state index contributed by atoms with van der Waals surface area (Å²) in [7, 11) is 30.9. The van der Waals surface area contributed by atoms with Gasteiger partial charge in [-0.15, -0.1) is 0 Å². The lowest BCUT2D eigenvalue weighted by molar-refractivity contribution is 0.684. The molecule has 0 aromatic heterocycles. The van der Waals surface area contributed by atoms with Crippen LogP contribution in [-0.4, -0.2) is 153 Å². The molecule has 0 fully saturated rings. The fourth-order valence-corrected chi connectivity index (χ4v) is 6.62. The second-order valence-electron chi connectivity index (χ2n) is 10.8. The summed E-state index contributed by atoms with van der Waals surface area (Å²) in [4.78, 5) is 0. The molecule has 0 rings (SSSR count). The van der Waals surface area contributed by atoms with Crippen molar-refractivity contribution in [1.29, 1.82) is 0 Å². The van der Waals surface area contributed by atoms with E-state index in [2.05, 4.69) is 41.1 Å². The van der Waals surface area contributed by atoms with Crippen molar-refractivity contribution in [1.82, 2.24) is 0 Å². The van der Waals surface area contributed by atoms with Crippen molar-refractivity contribution in [2.75, 3.05) is 0 Å². The zero-order valence-electron chi connectivity index (χ0n) is 23.9. The Labute approximate surface area is 229 Å². The summed E-state index contributed by atoms with van der Waals surface area (Å²) in [5.41, 5.74) is 0. The third-order valence-electron chi connectivity index (χ3n) is 7.55. The first-order chi connectivity index (χ1) is 16.3. The SMILES string of the molecule is BBBBBBBBBBCCCC(CC)SC(CC)CCCBBBBBBBBBB. The molecule has 0 bridgehead atoms. The number of rotatable bonds is 28. The molecule has 0 spiro atoms. The van der Waals surface area contributed by atoms with Crippen LogP contribution < -0.4 is 0 Å². The zero-order valence-corrected chi connectivity index (χ0v) is 24.8. The third-order valence-corrected chi connectivity index (χ3v) is 9.46. The first-order valence-electron chi connectivity index (χ1n) is 15.9. The maximum absolute atomic E-state index is 2.42. The standard InChI is InChI=1S/C12H46B20S/c1-3-11(7-5-9-15-19-23-27-31-29-25-21-17-13)33-12(4-2)8-6-10-16-20-24-28-32-30-26-22-18-14/h11-12,15-32H,3-10,13-14H2,1-2H3. The van der Waals surface area contributed by atoms with Crippen LogP contribution in [0.1, 0.15) is 52.4 Å². The van der Waals surface area contributed by atoms with Crippen LogP contribution >= 0.6 is 11.8 Å². The van der Waals surface area contributed by atoms with Gasteiger partial charge in [0.25, 0.3) is 0 Å². The first kappa shape index (κ1) is 34.6. The Bertz CT molecular complexity index is 338. The van der Waals surface area contributed by atoms with E-state index in [-0.39, 0.29) is 0 Å². The lowest BCUT2D eigenvalue weighted by Gasteiger charge is -2.21. The first-order valence-corrected chi connectivity index (χ1v) is 16.9. The van der Waals surface area contributed by atoms with Crippen molar-refractivity contribution in [3.8, 4) is 0 Å². The van der Waals surface area contributed by atoms with Gasteiger partial charge in [0.05, 0.1) is 29.8 Å². The normalized spacial score (nSPS) is 11.2. The summed E-state index contributed by atoms with van der Waals surface area (Å²) in [6.07, 6.45) is 11.6. The second kappa shape index (κ2) is 29.9. The molecule has 0 aliphatic rings. The average Bonchev–Trinajstić information content (AvgIpc) is 2.83. The molecular weight excluding hydrogens is 392 g/mol. The fraction of sp³-hybridized carbons (Fsp3) is 1.00. The number of hydrogen-bond donors (Lipinski definition) is 0. The van der Waals surface area contributed by atoms with Crippen molar-refractivity contribution in [2.45, 2.75) is 75.5 Å². The van der Waals surface area contributed by atoms with Gasteiger partial charge >= 0.3 is 0 Å². The summed E-state index contributed by atoms with van der Waals surface area (Å²) in [5, 5.41) is 1.84. The minimum atomic E-state index is 0.918. The number of hydrogen-bond acceptors (Lipinski definition) is 1. The van der Waals surface area contributed by atoms with Crippen LogP contribution in [0.25, 0.3) is 0 Å². The van der Waals surface area contributed by atoms with E-state index < -0.39 is 0 Å². The smallest absolute Gasteiger partial charge is 0.0776 e. The Morgan fingerprint density at radius 1 is 0.515 bits per heavy atom. The van der Waals surface area contributed by atoms with E-state index in [1.54, 1.807) is 0 Å². The van der Waals surface area contributed by atoms with Crippen LogP contribution in [-0.2, 0) is 0 Å². The molecule has 0 aromatic rings. The molecule has 0 amide bonds. The molecule has 0 aliphatic heterocycles. The lowest BCUT2D eigenvalue weighted by atomic mass is 8.89. The summed E-state index contributed by atoms with van der Waals surface area (Å²) < 4.78 is 0. The Balaban J connectivity index is 3.57. The van der Waals surface area contributed by atoms with Crippen LogP contribution in [0.2, 0.25) is 12.6 Å². The minimum Gasteiger partial charge on any atom is -0.155 e. The molecule has 21 heteroatoms. The van der Waals surface area contributed by atoms with Gasteiger partial charge in [-0.2, -0.15) is 11.8 Å². The molecule has 0 nitrogen and oxygen atoms in total. The molecule has 160 valence electrons. The van der Waals surface area contributed by atoms with Crippen LogP contribution in [0.5, 0.6) is 0 Å². The average molecular weight is 439 g/mol. The Hall–Kier alpha value is 1.65. The maximum Gasteiger partial charge on any atom is 0.0776 e. The quantitative estimate of drug-likeness (QED) is 0.0864. The predicted molar refractivity (Wildman–Crippen MR) is 210 cm³/mol. The lowest BCUT2D eigenvalue weighted by Crippen LogP contribution is -2.31. The Morgan fingerprint density at radius 3 is 1.18 bits per heavy atom. The van der Waals surface area contributed by atoms with Crippen molar-refractivity contribution in [3.63, 3.8) is 0 Å². The van der Waals surface area contributed by atoms with Gasteiger partial charge in [0, 0.05) is 123 Å². The summed E-state index contributed by atoms with van der Waals surface area (Å²) in [6, 6.07) is 0. The van der Waals surface area contributed by atoms with E-state index in [0.717, 1.165) is 10.5 Å². The van der Waals surface area contributed by atoms with Gasteiger partial charge in [0.2, 0.25) is 0 Å². The van der Waals surface area contributed by atoms with Gasteiger partial charge in [-0.25, -0.2) is 0 Å². The van der Waals surface area contributed by atoms with E-state index in [9.17, 15) is 0 Å². The summed E-state index contributed by atoms with van der Waals surface area (Å²) in [6.45, 7) is 4.84. The van der Waals surface area contributed by atoms with Gasteiger partial charge in [0.15, 0.2) is 0 Å². The van der Waals surface area contributed by atoms with E-state index in [0.29, 0.717) is 0 Å². The predicted octanol–water partition coefficient (Wildman–Crippen LogP) is -8.73. The molecule has 2 unspecified atom stereocenters. The van der Waals surface area contributed by atoms with Crippen molar-refractivity contribution < 1.29 is 0 Å². The van der Waals surface area contributed by atoms with Gasteiger partial charge in [-0.05, 0) is 25.7 Å².